The zero-order valence-corrected chi connectivity index (χ0v) is 14.8. The Bertz CT molecular complexity index is 793. The summed E-state index contributed by atoms with van der Waals surface area (Å²) in [7, 11) is 0. The van der Waals surface area contributed by atoms with E-state index in [1.165, 1.54) is 18.2 Å². The molecule has 1 fully saturated rings. The largest absolute Gasteiger partial charge is 0.326 e. The highest BCUT2D eigenvalue weighted by Crippen LogP contribution is 2.23. The Kier molecular flexibility index (Phi) is 5.73. The van der Waals surface area contributed by atoms with E-state index in [9.17, 15) is 14.0 Å². The number of hydrogen-bond acceptors (Lipinski definition) is 2. The van der Waals surface area contributed by atoms with Gasteiger partial charge in [-0.25, -0.2) is 9.18 Å². The van der Waals surface area contributed by atoms with Gasteiger partial charge in [0.25, 0.3) is 0 Å². The minimum Gasteiger partial charge on any atom is -0.326 e. The number of halogens is 2. The van der Waals surface area contributed by atoms with Gasteiger partial charge in [-0.15, -0.1) is 0 Å². The average Bonchev–Trinajstić information content (AvgIpc) is 2.65. The van der Waals surface area contributed by atoms with Crippen LogP contribution in [0.5, 0.6) is 0 Å². The molecule has 2 aromatic carbocycles. The van der Waals surface area contributed by atoms with E-state index < -0.39 is 5.82 Å². The molecular formula is C19H19ClFN3O2. The van der Waals surface area contributed by atoms with E-state index in [4.69, 9.17) is 11.6 Å². The lowest BCUT2D eigenvalue weighted by molar-refractivity contribution is -0.121. The van der Waals surface area contributed by atoms with Crippen LogP contribution in [-0.2, 0) is 4.79 Å². The first-order chi connectivity index (χ1) is 12.5. The molecule has 0 radical (unpaired) electrons. The minimum atomic E-state index is -0.526. The van der Waals surface area contributed by atoms with Gasteiger partial charge in [0.15, 0.2) is 0 Å². The molecule has 0 unspecified atom stereocenters. The minimum absolute atomic E-state index is 0.0322. The molecule has 26 heavy (non-hydrogen) atoms. The normalized spacial score (nSPS) is 14.8. The number of hydrogen-bond donors (Lipinski definition) is 2. The van der Waals surface area contributed by atoms with Gasteiger partial charge in [0, 0.05) is 30.4 Å². The molecule has 1 saturated heterocycles. The highest BCUT2D eigenvalue weighted by molar-refractivity contribution is 6.31. The van der Waals surface area contributed by atoms with Gasteiger partial charge in [-0.1, -0.05) is 29.8 Å². The Balaban J connectivity index is 1.50. The van der Waals surface area contributed by atoms with Gasteiger partial charge in [-0.05, 0) is 43.2 Å². The maximum absolute atomic E-state index is 13.2. The Morgan fingerprint density at radius 2 is 1.69 bits per heavy atom. The van der Waals surface area contributed by atoms with Crippen molar-refractivity contribution >= 4 is 34.9 Å². The van der Waals surface area contributed by atoms with Crippen LogP contribution in [0, 0.1) is 11.7 Å². The third-order valence-electron chi connectivity index (χ3n) is 4.37. The fraction of sp³-hybridized carbons (Fsp3) is 0.263. The summed E-state index contributed by atoms with van der Waals surface area (Å²) in [5.74, 6) is -0.863. The highest BCUT2D eigenvalue weighted by atomic mass is 35.5. The van der Waals surface area contributed by atoms with Crippen LogP contribution in [0.25, 0.3) is 0 Å². The summed E-state index contributed by atoms with van der Waals surface area (Å²) in [6.45, 7) is 1.00. The molecule has 7 heteroatoms. The number of likely N-dealkylation sites (tertiary alicyclic amines) is 1. The van der Waals surface area contributed by atoms with Gasteiger partial charge in [0.1, 0.15) is 5.82 Å². The predicted molar refractivity (Wildman–Crippen MR) is 99.8 cm³/mol. The molecular weight excluding hydrogens is 357 g/mol. The average molecular weight is 376 g/mol. The molecule has 0 atom stereocenters. The molecule has 0 saturated carbocycles. The van der Waals surface area contributed by atoms with Crippen molar-refractivity contribution in [3.63, 3.8) is 0 Å². The van der Waals surface area contributed by atoms with E-state index in [1.54, 1.807) is 4.90 Å². The molecule has 0 spiro atoms. The van der Waals surface area contributed by atoms with Gasteiger partial charge in [0.05, 0.1) is 5.02 Å². The first-order valence-corrected chi connectivity index (χ1v) is 8.77. The van der Waals surface area contributed by atoms with Crippen LogP contribution >= 0.6 is 11.6 Å². The van der Waals surface area contributed by atoms with Gasteiger partial charge < -0.3 is 15.5 Å². The van der Waals surface area contributed by atoms with E-state index in [0.29, 0.717) is 31.6 Å². The maximum atomic E-state index is 13.2. The van der Waals surface area contributed by atoms with Gasteiger partial charge in [0.2, 0.25) is 5.91 Å². The highest BCUT2D eigenvalue weighted by Gasteiger charge is 2.27. The second-order valence-corrected chi connectivity index (χ2v) is 6.58. The van der Waals surface area contributed by atoms with E-state index in [-0.39, 0.29) is 22.9 Å². The molecule has 0 bridgehead atoms. The second-order valence-electron chi connectivity index (χ2n) is 6.18. The summed E-state index contributed by atoms with van der Waals surface area (Å²) >= 11 is 5.73. The van der Waals surface area contributed by atoms with E-state index in [0.717, 1.165) is 5.69 Å². The zero-order valence-electron chi connectivity index (χ0n) is 14.0. The Labute approximate surface area is 156 Å². The van der Waals surface area contributed by atoms with Gasteiger partial charge in [-0.2, -0.15) is 0 Å². The zero-order chi connectivity index (χ0) is 18.5. The van der Waals surface area contributed by atoms with E-state index in [1.807, 2.05) is 30.3 Å². The van der Waals surface area contributed by atoms with Crippen molar-refractivity contribution in [2.75, 3.05) is 23.7 Å². The SMILES string of the molecule is O=C(Nc1ccc(F)c(Cl)c1)C1CCN(C(=O)Nc2ccccc2)CC1. The number of piperidine rings is 1. The summed E-state index contributed by atoms with van der Waals surface area (Å²) in [5.41, 5.74) is 1.20. The standard InChI is InChI=1S/C19H19ClFN3O2/c20-16-12-15(6-7-17(16)21)22-18(25)13-8-10-24(11-9-13)19(26)23-14-4-2-1-3-5-14/h1-7,12-13H,8-11H2,(H,22,25)(H,23,26). The topological polar surface area (TPSA) is 61.4 Å². The Morgan fingerprint density at radius 3 is 2.35 bits per heavy atom. The number of carbonyl (C=O) groups is 2. The molecule has 2 aromatic rings. The molecule has 3 amide bonds. The van der Waals surface area contributed by atoms with Crippen LogP contribution in [0.1, 0.15) is 12.8 Å². The number of nitrogens with zero attached hydrogens (tertiary/aromatic N) is 1. The second kappa shape index (κ2) is 8.19. The van der Waals surface area contributed by atoms with Crippen molar-refractivity contribution in [3.8, 4) is 0 Å². The lowest BCUT2D eigenvalue weighted by Crippen LogP contribution is -2.43. The van der Waals surface area contributed by atoms with Crippen LogP contribution in [0.3, 0.4) is 0 Å². The lowest BCUT2D eigenvalue weighted by Gasteiger charge is -2.31. The molecule has 0 aliphatic carbocycles. The predicted octanol–water partition coefficient (Wildman–Crippen LogP) is 4.36. The summed E-state index contributed by atoms with van der Waals surface area (Å²) in [6.07, 6.45) is 1.14. The molecule has 1 aliphatic rings. The number of amides is 3. The van der Waals surface area contributed by atoms with E-state index >= 15 is 0 Å². The van der Waals surface area contributed by atoms with Crippen molar-refractivity contribution in [3.05, 3.63) is 59.4 Å². The molecule has 2 N–H and O–H groups in total. The van der Waals surface area contributed by atoms with Crippen LogP contribution in [0.15, 0.2) is 48.5 Å². The number of nitrogens with one attached hydrogen (secondary N) is 2. The van der Waals surface area contributed by atoms with Crippen molar-refractivity contribution in [1.82, 2.24) is 4.90 Å². The van der Waals surface area contributed by atoms with Crippen LogP contribution < -0.4 is 10.6 Å². The number of benzene rings is 2. The fourth-order valence-electron chi connectivity index (χ4n) is 2.89. The lowest BCUT2D eigenvalue weighted by atomic mass is 9.96. The fourth-order valence-corrected chi connectivity index (χ4v) is 3.07. The number of urea groups is 1. The molecule has 5 nitrogen and oxygen atoms in total. The molecule has 0 aromatic heterocycles. The number of anilines is 2. The maximum Gasteiger partial charge on any atom is 0.321 e. The summed E-state index contributed by atoms with van der Waals surface area (Å²) in [6, 6.07) is 13.2. The van der Waals surface area contributed by atoms with Gasteiger partial charge >= 0.3 is 6.03 Å². The van der Waals surface area contributed by atoms with E-state index in [2.05, 4.69) is 10.6 Å². The van der Waals surface area contributed by atoms with Crippen molar-refractivity contribution in [1.29, 1.82) is 0 Å². The van der Waals surface area contributed by atoms with Crippen molar-refractivity contribution in [2.45, 2.75) is 12.8 Å². The summed E-state index contributed by atoms with van der Waals surface area (Å²) in [5, 5.41) is 5.57. The summed E-state index contributed by atoms with van der Waals surface area (Å²) in [4.78, 5) is 26.3. The Morgan fingerprint density at radius 1 is 1.00 bits per heavy atom. The Hall–Kier alpha value is -2.60. The summed E-state index contributed by atoms with van der Waals surface area (Å²) < 4.78 is 13.2. The molecule has 1 heterocycles. The smallest absolute Gasteiger partial charge is 0.321 e. The first-order valence-electron chi connectivity index (χ1n) is 8.40. The third-order valence-corrected chi connectivity index (χ3v) is 4.65. The molecule has 1 aliphatic heterocycles. The quantitative estimate of drug-likeness (QED) is 0.837. The van der Waals surface area contributed by atoms with Crippen LogP contribution in [0.2, 0.25) is 5.02 Å². The number of rotatable bonds is 3. The van der Waals surface area contributed by atoms with Crippen molar-refractivity contribution in [2.24, 2.45) is 5.92 Å². The van der Waals surface area contributed by atoms with Crippen LogP contribution in [0.4, 0.5) is 20.6 Å². The number of carbonyl (C=O) groups excluding carboxylic acids is 2. The monoisotopic (exact) mass is 375 g/mol. The molecule has 136 valence electrons. The number of para-hydroxylation sites is 1. The third kappa shape index (κ3) is 4.52. The van der Waals surface area contributed by atoms with Crippen LogP contribution in [-0.4, -0.2) is 29.9 Å². The first kappa shape index (κ1) is 18.2. The van der Waals surface area contributed by atoms with Gasteiger partial charge in [-0.3, -0.25) is 4.79 Å². The molecule has 3 rings (SSSR count). The van der Waals surface area contributed by atoms with Crippen molar-refractivity contribution < 1.29 is 14.0 Å².